The Bertz CT molecular complexity index is 967. The van der Waals surface area contributed by atoms with Gasteiger partial charge in [-0.05, 0) is 37.1 Å². The number of aromatic amines is 1. The van der Waals surface area contributed by atoms with Gasteiger partial charge in [0.05, 0.1) is 22.1 Å². The molecule has 1 N–H and O–H groups in total. The van der Waals surface area contributed by atoms with Crippen LogP contribution in [0.25, 0.3) is 11.0 Å². The molecule has 4 rings (SSSR count). The predicted molar refractivity (Wildman–Crippen MR) is 93.4 cm³/mol. The van der Waals surface area contributed by atoms with E-state index in [0.29, 0.717) is 12.4 Å². The molecule has 1 aliphatic heterocycles. The van der Waals surface area contributed by atoms with Gasteiger partial charge in [0, 0.05) is 6.54 Å². The van der Waals surface area contributed by atoms with E-state index in [1.54, 1.807) is 24.3 Å². The van der Waals surface area contributed by atoms with E-state index in [9.17, 15) is 8.42 Å². The first-order valence-electron chi connectivity index (χ1n) is 7.78. The molecule has 0 saturated carbocycles. The second-order valence-corrected chi connectivity index (χ2v) is 8.11. The highest BCUT2D eigenvalue weighted by molar-refractivity contribution is 7.89. The van der Waals surface area contributed by atoms with Gasteiger partial charge in [-0.1, -0.05) is 35.9 Å². The van der Waals surface area contributed by atoms with E-state index in [1.807, 2.05) is 24.3 Å². The molecule has 7 heteroatoms. The maximum atomic E-state index is 13.1. The van der Waals surface area contributed by atoms with Crippen LogP contribution in [0.1, 0.15) is 24.7 Å². The number of hydrogen-bond acceptors (Lipinski definition) is 3. The van der Waals surface area contributed by atoms with Crippen LogP contribution in [0.5, 0.6) is 0 Å². The quantitative estimate of drug-likeness (QED) is 0.772. The number of nitrogens with one attached hydrogen (secondary N) is 1. The Morgan fingerprint density at radius 2 is 1.88 bits per heavy atom. The molecule has 0 radical (unpaired) electrons. The average molecular weight is 362 g/mol. The first-order valence-corrected chi connectivity index (χ1v) is 9.60. The Kier molecular flexibility index (Phi) is 3.83. The van der Waals surface area contributed by atoms with Crippen molar-refractivity contribution in [2.24, 2.45) is 0 Å². The summed E-state index contributed by atoms with van der Waals surface area (Å²) in [5.74, 6) is 0.685. The predicted octanol–water partition coefficient (Wildman–Crippen LogP) is 3.74. The molecule has 5 nitrogen and oxygen atoms in total. The Morgan fingerprint density at radius 3 is 2.67 bits per heavy atom. The smallest absolute Gasteiger partial charge is 0.245 e. The van der Waals surface area contributed by atoms with Crippen molar-refractivity contribution in [3.05, 3.63) is 59.4 Å². The monoisotopic (exact) mass is 361 g/mol. The Hall–Kier alpha value is -1.89. The van der Waals surface area contributed by atoms with Crippen molar-refractivity contribution in [3.63, 3.8) is 0 Å². The Labute approximate surface area is 145 Å². The standard InChI is InChI=1S/C17H16ClN3O2S/c18-12-6-1-4-10-16(12)24(22,23)21-11-5-9-15(21)17-19-13-7-2-3-8-14(13)20-17/h1-4,6-8,10,15H,5,9,11H2,(H,19,20). The third-order valence-corrected chi connectivity index (χ3v) is 6.76. The van der Waals surface area contributed by atoms with Gasteiger partial charge in [-0.3, -0.25) is 0 Å². The minimum absolute atomic E-state index is 0.148. The third kappa shape index (κ3) is 2.51. The average Bonchev–Trinajstić information content (AvgIpc) is 3.21. The molecular formula is C17H16ClN3O2S. The molecule has 2 aromatic carbocycles. The number of benzene rings is 2. The van der Waals surface area contributed by atoms with E-state index in [0.717, 1.165) is 23.9 Å². The SMILES string of the molecule is O=S(=O)(c1ccccc1Cl)N1CCCC1c1nc2ccccc2[nH]1. The molecule has 124 valence electrons. The van der Waals surface area contributed by atoms with E-state index in [-0.39, 0.29) is 16.0 Å². The van der Waals surface area contributed by atoms with Gasteiger partial charge in [-0.2, -0.15) is 4.31 Å². The minimum Gasteiger partial charge on any atom is -0.341 e. The van der Waals surface area contributed by atoms with Crippen molar-refractivity contribution in [2.75, 3.05) is 6.54 Å². The van der Waals surface area contributed by atoms with E-state index >= 15 is 0 Å². The summed E-state index contributed by atoms with van der Waals surface area (Å²) in [6.45, 7) is 0.468. The fourth-order valence-corrected chi connectivity index (χ4v) is 5.37. The van der Waals surface area contributed by atoms with Crippen molar-refractivity contribution in [2.45, 2.75) is 23.8 Å². The van der Waals surface area contributed by atoms with Gasteiger partial charge in [-0.25, -0.2) is 13.4 Å². The van der Waals surface area contributed by atoms with Gasteiger partial charge in [0.2, 0.25) is 10.0 Å². The molecule has 1 aliphatic rings. The number of halogens is 1. The van der Waals surface area contributed by atoms with Crippen molar-refractivity contribution in [3.8, 4) is 0 Å². The summed E-state index contributed by atoms with van der Waals surface area (Å²) < 4.78 is 27.6. The zero-order valence-electron chi connectivity index (χ0n) is 12.8. The second kappa shape index (κ2) is 5.88. The van der Waals surface area contributed by atoms with Gasteiger partial charge >= 0.3 is 0 Å². The van der Waals surface area contributed by atoms with Crippen LogP contribution in [0.2, 0.25) is 5.02 Å². The van der Waals surface area contributed by atoms with Crippen molar-refractivity contribution >= 4 is 32.7 Å². The molecule has 1 fully saturated rings. The van der Waals surface area contributed by atoms with E-state index in [2.05, 4.69) is 9.97 Å². The minimum atomic E-state index is -3.66. The van der Waals surface area contributed by atoms with Gasteiger partial charge < -0.3 is 4.98 Å². The molecule has 2 heterocycles. The normalized spacial score (nSPS) is 19.1. The molecule has 1 unspecified atom stereocenters. The van der Waals surface area contributed by atoms with Crippen LogP contribution in [-0.4, -0.2) is 29.2 Å². The zero-order valence-corrected chi connectivity index (χ0v) is 14.4. The number of aromatic nitrogens is 2. The molecule has 1 aromatic heterocycles. The van der Waals surface area contributed by atoms with Crippen LogP contribution >= 0.6 is 11.6 Å². The molecule has 0 bridgehead atoms. The number of nitrogens with zero attached hydrogens (tertiary/aromatic N) is 2. The van der Waals surface area contributed by atoms with Crippen LogP contribution in [-0.2, 0) is 10.0 Å². The first-order chi connectivity index (χ1) is 11.6. The topological polar surface area (TPSA) is 66.1 Å². The lowest BCUT2D eigenvalue weighted by Gasteiger charge is -2.23. The summed E-state index contributed by atoms with van der Waals surface area (Å²) >= 11 is 6.12. The highest BCUT2D eigenvalue weighted by Gasteiger charge is 2.38. The van der Waals surface area contributed by atoms with Crippen molar-refractivity contribution < 1.29 is 8.42 Å². The highest BCUT2D eigenvalue weighted by atomic mass is 35.5. The highest BCUT2D eigenvalue weighted by Crippen LogP contribution is 2.37. The molecule has 1 atom stereocenters. The fraction of sp³-hybridized carbons (Fsp3) is 0.235. The number of H-pyrrole nitrogens is 1. The molecule has 0 spiro atoms. The van der Waals surface area contributed by atoms with Crippen LogP contribution in [0, 0.1) is 0 Å². The van der Waals surface area contributed by atoms with Gasteiger partial charge in [-0.15, -0.1) is 0 Å². The maximum absolute atomic E-state index is 13.1. The zero-order chi connectivity index (χ0) is 16.7. The number of rotatable bonds is 3. The first kappa shape index (κ1) is 15.6. The summed E-state index contributed by atoms with van der Waals surface area (Å²) in [5.41, 5.74) is 1.75. The van der Waals surface area contributed by atoms with Crippen LogP contribution in [0.15, 0.2) is 53.4 Å². The van der Waals surface area contributed by atoms with Crippen molar-refractivity contribution in [1.29, 1.82) is 0 Å². The van der Waals surface area contributed by atoms with Crippen LogP contribution in [0.3, 0.4) is 0 Å². The molecular weight excluding hydrogens is 346 g/mol. The summed E-state index contributed by atoms with van der Waals surface area (Å²) in [7, 11) is -3.66. The number of imidazole rings is 1. The van der Waals surface area contributed by atoms with Crippen molar-refractivity contribution in [1.82, 2.24) is 14.3 Å². The molecule has 0 aliphatic carbocycles. The van der Waals surface area contributed by atoms with E-state index < -0.39 is 10.0 Å². The lowest BCUT2D eigenvalue weighted by atomic mass is 10.2. The van der Waals surface area contributed by atoms with Gasteiger partial charge in [0.1, 0.15) is 10.7 Å². The lowest BCUT2D eigenvalue weighted by Crippen LogP contribution is -2.31. The Balaban J connectivity index is 1.76. The fourth-order valence-electron chi connectivity index (χ4n) is 3.21. The third-order valence-electron chi connectivity index (χ3n) is 4.35. The Morgan fingerprint density at radius 1 is 1.12 bits per heavy atom. The van der Waals surface area contributed by atoms with Gasteiger partial charge in [0.15, 0.2) is 0 Å². The summed E-state index contributed by atoms with van der Waals surface area (Å²) in [5, 5.41) is 0.243. The van der Waals surface area contributed by atoms with Crippen LogP contribution < -0.4 is 0 Å². The summed E-state index contributed by atoms with van der Waals surface area (Å²) in [6.07, 6.45) is 1.54. The maximum Gasteiger partial charge on any atom is 0.245 e. The lowest BCUT2D eigenvalue weighted by molar-refractivity contribution is 0.386. The number of sulfonamides is 1. The number of fused-ring (bicyclic) bond motifs is 1. The molecule has 0 amide bonds. The van der Waals surface area contributed by atoms with E-state index in [4.69, 9.17) is 11.6 Å². The number of para-hydroxylation sites is 2. The van der Waals surface area contributed by atoms with Gasteiger partial charge in [0.25, 0.3) is 0 Å². The largest absolute Gasteiger partial charge is 0.341 e. The summed E-state index contributed by atoms with van der Waals surface area (Å²) in [6, 6.07) is 14.0. The van der Waals surface area contributed by atoms with E-state index in [1.165, 1.54) is 4.31 Å². The molecule has 3 aromatic rings. The van der Waals surface area contributed by atoms with Crippen LogP contribution in [0.4, 0.5) is 0 Å². The molecule has 24 heavy (non-hydrogen) atoms. The second-order valence-electron chi connectivity index (χ2n) is 5.84. The molecule has 1 saturated heterocycles. The summed E-state index contributed by atoms with van der Waals surface area (Å²) in [4.78, 5) is 7.98. The number of hydrogen-bond donors (Lipinski definition) is 1.